The standard InChI is InChI=1S/C26H27N5O4S/c1-18-9-10-21(35-13-6-14-36(2,33)34)17-22(18)20-11-12-27-23(16-20)29-26(32)25-28-24(30-31-25)15-19-7-4-3-5-8-19/h3-5,7-12,16-17H,6,13-15H2,1-2H3,(H,27,29,32)(H,28,30,31). The normalized spacial score (nSPS) is 11.3. The summed E-state index contributed by atoms with van der Waals surface area (Å²) in [5, 5.41) is 10.8. The Morgan fingerprint density at radius 1 is 1.06 bits per heavy atom. The van der Waals surface area contributed by atoms with Crippen LogP contribution in [0.2, 0.25) is 0 Å². The number of benzene rings is 2. The quantitative estimate of drug-likeness (QED) is 0.314. The molecule has 0 saturated heterocycles. The number of H-pyrrole nitrogens is 1. The van der Waals surface area contributed by atoms with E-state index in [-0.39, 0.29) is 11.6 Å². The van der Waals surface area contributed by atoms with Gasteiger partial charge in [0.05, 0.1) is 12.4 Å². The first-order chi connectivity index (χ1) is 17.3. The first-order valence-corrected chi connectivity index (χ1v) is 13.5. The minimum Gasteiger partial charge on any atom is -0.494 e. The van der Waals surface area contributed by atoms with Crippen LogP contribution >= 0.6 is 0 Å². The average Bonchev–Trinajstić information content (AvgIpc) is 3.32. The fourth-order valence-electron chi connectivity index (χ4n) is 3.62. The third-order valence-electron chi connectivity index (χ3n) is 5.41. The van der Waals surface area contributed by atoms with Crippen LogP contribution in [0.4, 0.5) is 5.82 Å². The average molecular weight is 506 g/mol. The number of aromatic nitrogens is 4. The van der Waals surface area contributed by atoms with Gasteiger partial charge in [-0.15, -0.1) is 10.2 Å². The Hall–Kier alpha value is -4.05. The molecule has 9 nitrogen and oxygen atoms in total. The number of anilines is 1. The van der Waals surface area contributed by atoms with Gasteiger partial charge in [0.2, 0.25) is 5.82 Å². The Labute approximate surface area is 209 Å². The van der Waals surface area contributed by atoms with E-state index in [1.54, 1.807) is 12.3 Å². The van der Waals surface area contributed by atoms with Crippen molar-refractivity contribution < 1.29 is 17.9 Å². The number of nitrogens with zero attached hydrogens (tertiary/aromatic N) is 3. The molecular weight excluding hydrogens is 478 g/mol. The lowest BCUT2D eigenvalue weighted by Gasteiger charge is -2.12. The molecule has 1 amide bonds. The van der Waals surface area contributed by atoms with Crippen LogP contribution in [0.1, 0.15) is 34.0 Å². The van der Waals surface area contributed by atoms with Crippen molar-refractivity contribution >= 4 is 21.6 Å². The number of sulfone groups is 1. The van der Waals surface area contributed by atoms with Gasteiger partial charge in [-0.2, -0.15) is 0 Å². The lowest BCUT2D eigenvalue weighted by Crippen LogP contribution is -2.14. The molecule has 2 heterocycles. The van der Waals surface area contributed by atoms with Crippen LogP contribution in [0.25, 0.3) is 11.1 Å². The first kappa shape index (κ1) is 25.1. The topological polar surface area (TPSA) is 127 Å². The fraction of sp³-hybridized carbons (Fsp3) is 0.231. The summed E-state index contributed by atoms with van der Waals surface area (Å²) >= 11 is 0. The zero-order valence-corrected chi connectivity index (χ0v) is 20.9. The number of aryl methyl sites for hydroxylation is 1. The lowest BCUT2D eigenvalue weighted by molar-refractivity contribution is 0.101. The number of amides is 1. The highest BCUT2D eigenvalue weighted by Gasteiger charge is 2.14. The van der Waals surface area contributed by atoms with Crippen molar-refractivity contribution in [2.75, 3.05) is 23.9 Å². The number of nitrogens with one attached hydrogen (secondary N) is 2. The number of pyridine rings is 1. The van der Waals surface area contributed by atoms with Gasteiger partial charge < -0.3 is 15.0 Å². The number of ether oxygens (including phenoxy) is 1. The summed E-state index contributed by atoms with van der Waals surface area (Å²) in [6, 6.07) is 19.1. The third-order valence-corrected chi connectivity index (χ3v) is 6.44. The van der Waals surface area contributed by atoms with E-state index in [0.717, 1.165) is 22.3 Å². The van der Waals surface area contributed by atoms with Crippen LogP contribution in [-0.2, 0) is 16.3 Å². The molecule has 4 aromatic rings. The Morgan fingerprint density at radius 3 is 2.64 bits per heavy atom. The van der Waals surface area contributed by atoms with Crippen LogP contribution in [0.15, 0.2) is 66.9 Å². The molecule has 0 radical (unpaired) electrons. The van der Waals surface area contributed by atoms with Gasteiger partial charge in [0.1, 0.15) is 27.2 Å². The van der Waals surface area contributed by atoms with Crippen LogP contribution in [0, 0.1) is 6.92 Å². The van der Waals surface area contributed by atoms with Crippen molar-refractivity contribution in [1.29, 1.82) is 0 Å². The van der Waals surface area contributed by atoms with E-state index in [0.29, 0.717) is 36.8 Å². The summed E-state index contributed by atoms with van der Waals surface area (Å²) in [6.45, 7) is 2.28. The van der Waals surface area contributed by atoms with Crippen molar-refractivity contribution in [3.63, 3.8) is 0 Å². The monoisotopic (exact) mass is 505 g/mol. The van der Waals surface area contributed by atoms with Gasteiger partial charge in [0, 0.05) is 18.9 Å². The molecule has 2 aromatic carbocycles. The number of hydrogen-bond acceptors (Lipinski definition) is 7. The van der Waals surface area contributed by atoms with Crippen molar-refractivity contribution in [3.8, 4) is 16.9 Å². The Bertz CT molecular complexity index is 1450. The largest absolute Gasteiger partial charge is 0.494 e. The SMILES string of the molecule is Cc1ccc(OCCCS(C)(=O)=O)cc1-c1ccnc(NC(=O)c2nnc(Cc3ccccc3)[nH]2)c1. The van der Waals surface area contributed by atoms with Gasteiger partial charge in [-0.1, -0.05) is 36.4 Å². The number of rotatable bonds is 10. The minimum absolute atomic E-state index is 0.0814. The molecule has 0 fully saturated rings. The Kier molecular flexibility index (Phi) is 7.74. The molecule has 10 heteroatoms. The maximum Gasteiger partial charge on any atom is 0.294 e. The van der Waals surface area contributed by atoms with Crippen molar-refractivity contribution in [2.45, 2.75) is 19.8 Å². The zero-order chi connectivity index (χ0) is 25.5. The van der Waals surface area contributed by atoms with E-state index in [4.69, 9.17) is 4.74 Å². The molecule has 0 spiro atoms. The van der Waals surface area contributed by atoms with Crippen LogP contribution in [0.5, 0.6) is 5.75 Å². The van der Waals surface area contributed by atoms with Crippen molar-refractivity contribution in [2.24, 2.45) is 0 Å². The summed E-state index contributed by atoms with van der Waals surface area (Å²) in [5.41, 5.74) is 3.84. The maximum absolute atomic E-state index is 12.7. The summed E-state index contributed by atoms with van der Waals surface area (Å²) in [7, 11) is -3.02. The fourth-order valence-corrected chi connectivity index (χ4v) is 4.27. The van der Waals surface area contributed by atoms with E-state index >= 15 is 0 Å². The minimum atomic E-state index is -3.02. The predicted molar refractivity (Wildman–Crippen MR) is 138 cm³/mol. The van der Waals surface area contributed by atoms with Crippen LogP contribution in [0.3, 0.4) is 0 Å². The summed E-state index contributed by atoms with van der Waals surface area (Å²) < 4.78 is 28.3. The maximum atomic E-state index is 12.7. The second kappa shape index (κ2) is 11.1. The molecule has 4 rings (SSSR count). The molecule has 0 atom stereocenters. The molecule has 0 unspecified atom stereocenters. The number of carbonyl (C=O) groups is 1. The van der Waals surface area contributed by atoms with Gasteiger partial charge in [-0.05, 0) is 59.9 Å². The van der Waals surface area contributed by atoms with E-state index in [1.165, 1.54) is 6.26 Å². The zero-order valence-electron chi connectivity index (χ0n) is 20.1. The number of aromatic amines is 1. The highest BCUT2D eigenvalue weighted by molar-refractivity contribution is 7.90. The molecule has 0 saturated carbocycles. The molecule has 186 valence electrons. The van der Waals surface area contributed by atoms with Crippen molar-refractivity contribution in [3.05, 3.63) is 89.6 Å². The molecule has 0 aliphatic rings. The number of carbonyl (C=O) groups excluding carboxylic acids is 1. The Balaban J connectivity index is 1.43. The molecule has 0 aliphatic heterocycles. The van der Waals surface area contributed by atoms with Gasteiger partial charge in [0.25, 0.3) is 5.91 Å². The van der Waals surface area contributed by atoms with Crippen LogP contribution < -0.4 is 10.1 Å². The lowest BCUT2D eigenvalue weighted by atomic mass is 10.0. The molecule has 0 aliphatic carbocycles. The molecule has 2 N–H and O–H groups in total. The van der Waals surface area contributed by atoms with Gasteiger partial charge in [0.15, 0.2) is 0 Å². The van der Waals surface area contributed by atoms with E-state index in [1.807, 2.05) is 61.5 Å². The van der Waals surface area contributed by atoms with Gasteiger partial charge in [-0.3, -0.25) is 4.79 Å². The highest BCUT2D eigenvalue weighted by Crippen LogP contribution is 2.29. The number of hydrogen-bond donors (Lipinski definition) is 2. The molecule has 36 heavy (non-hydrogen) atoms. The smallest absolute Gasteiger partial charge is 0.294 e. The van der Waals surface area contributed by atoms with Crippen molar-refractivity contribution in [1.82, 2.24) is 20.2 Å². The van der Waals surface area contributed by atoms with E-state index < -0.39 is 15.7 Å². The summed E-state index contributed by atoms with van der Waals surface area (Å²) in [5.74, 6) is 1.35. The van der Waals surface area contributed by atoms with Gasteiger partial charge in [-0.25, -0.2) is 13.4 Å². The molecule has 2 aromatic heterocycles. The molecule has 0 bridgehead atoms. The van der Waals surface area contributed by atoms with E-state index in [9.17, 15) is 13.2 Å². The third kappa shape index (κ3) is 6.98. The second-order valence-corrected chi connectivity index (χ2v) is 10.7. The van der Waals surface area contributed by atoms with E-state index in [2.05, 4.69) is 25.5 Å². The summed E-state index contributed by atoms with van der Waals surface area (Å²) in [4.78, 5) is 19.9. The Morgan fingerprint density at radius 2 is 1.86 bits per heavy atom. The summed E-state index contributed by atoms with van der Waals surface area (Å²) in [6.07, 6.45) is 3.79. The van der Waals surface area contributed by atoms with Gasteiger partial charge >= 0.3 is 0 Å². The molecular formula is C26H27N5O4S. The van der Waals surface area contributed by atoms with Crippen LogP contribution in [-0.4, -0.2) is 53.1 Å². The first-order valence-electron chi connectivity index (χ1n) is 11.4. The predicted octanol–water partition coefficient (Wildman–Crippen LogP) is 3.83. The second-order valence-electron chi connectivity index (χ2n) is 8.48. The highest BCUT2D eigenvalue weighted by atomic mass is 32.2.